The minimum absolute atomic E-state index is 0.131. The first kappa shape index (κ1) is 10.8. The molecule has 0 heterocycles. The highest BCUT2D eigenvalue weighted by Crippen LogP contribution is 2.31. The van der Waals surface area contributed by atoms with E-state index in [1.807, 2.05) is 0 Å². The van der Waals surface area contributed by atoms with Gasteiger partial charge >= 0.3 is 16.7 Å². The molecule has 0 radical (unpaired) electrons. The Morgan fingerprint density at radius 2 is 2.18 bits per heavy atom. The highest BCUT2D eigenvalue weighted by molar-refractivity contribution is 8.44. The standard InChI is InChI=1S/C5H10O4PS/c1-3-5-11(7,8)10(6)9-4-2/h3H,1,4-5H2,2H3/q+1. The predicted octanol–water partition coefficient (Wildman–Crippen LogP) is 1.28. The van der Waals surface area contributed by atoms with Gasteiger partial charge in [-0.2, -0.15) is 8.42 Å². The fraction of sp³-hybridized carbons (Fsp3) is 0.600. The minimum Gasteiger partial charge on any atom is -0.175 e. The Hall–Kier alpha value is -0.250. The zero-order chi connectivity index (χ0) is 8.91. The van der Waals surface area contributed by atoms with Crippen molar-refractivity contribution in [1.29, 1.82) is 0 Å². The average molecular weight is 197 g/mol. The zero-order valence-electron chi connectivity index (χ0n) is 6.19. The van der Waals surface area contributed by atoms with Crippen LogP contribution in [0, 0.1) is 0 Å². The molecule has 1 atom stereocenters. The predicted molar refractivity (Wildman–Crippen MR) is 43.2 cm³/mol. The van der Waals surface area contributed by atoms with Gasteiger partial charge in [0.25, 0.3) is 0 Å². The van der Waals surface area contributed by atoms with E-state index in [4.69, 9.17) is 0 Å². The Morgan fingerprint density at radius 3 is 2.55 bits per heavy atom. The summed E-state index contributed by atoms with van der Waals surface area (Å²) in [6.45, 7) is 4.94. The maximum Gasteiger partial charge on any atom is 0.640 e. The third-order valence-corrected chi connectivity index (χ3v) is 4.50. The molecular formula is C5H10O4PS+. The molecule has 0 aromatic heterocycles. The Bertz CT molecular complexity index is 243. The van der Waals surface area contributed by atoms with Crippen molar-refractivity contribution in [3.8, 4) is 0 Å². The first-order valence-corrected chi connectivity index (χ1v) is 6.42. The lowest BCUT2D eigenvalue weighted by Crippen LogP contribution is -1.98. The van der Waals surface area contributed by atoms with Crippen molar-refractivity contribution in [3.05, 3.63) is 12.7 Å². The second kappa shape index (κ2) is 4.59. The van der Waals surface area contributed by atoms with Gasteiger partial charge in [-0.1, -0.05) is 6.08 Å². The lowest BCUT2D eigenvalue weighted by atomic mass is 10.8. The summed E-state index contributed by atoms with van der Waals surface area (Å²) in [5.41, 5.74) is 0. The van der Waals surface area contributed by atoms with Gasteiger partial charge in [0.1, 0.15) is 12.4 Å². The van der Waals surface area contributed by atoms with Crippen molar-refractivity contribution < 1.29 is 17.5 Å². The van der Waals surface area contributed by atoms with Crippen LogP contribution in [-0.4, -0.2) is 20.8 Å². The molecule has 0 fully saturated rings. The second-order valence-electron chi connectivity index (χ2n) is 1.68. The van der Waals surface area contributed by atoms with E-state index in [0.717, 1.165) is 0 Å². The molecule has 0 amide bonds. The second-order valence-corrected chi connectivity index (χ2v) is 6.44. The summed E-state index contributed by atoms with van der Waals surface area (Å²) in [4.78, 5) is 0. The minimum atomic E-state index is -3.60. The van der Waals surface area contributed by atoms with E-state index in [1.165, 1.54) is 6.08 Å². The SMILES string of the molecule is C=CCS(=O)(=O)[P+](=O)OCC. The highest BCUT2D eigenvalue weighted by atomic mass is 32.8. The van der Waals surface area contributed by atoms with Gasteiger partial charge in [-0.3, -0.25) is 0 Å². The average Bonchev–Trinajstić information content (AvgIpc) is 1.88. The molecule has 0 saturated carbocycles. The quantitative estimate of drug-likeness (QED) is 0.492. The lowest BCUT2D eigenvalue weighted by Gasteiger charge is -1.84. The van der Waals surface area contributed by atoms with E-state index in [-0.39, 0.29) is 12.4 Å². The van der Waals surface area contributed by atoms with E-state index in [0.29, 0.717) is 0 Å². The van der Waals surface area contributed by atoms with Gasteiger partial charge in [-0.05, 0) is 11.5 Å². The summed E-state index contributed by atoms with van der Waals surface area (Å²) in [7, 11) is -6.18. The monoisotopic (exact) mass is 197 g/mol. The topological polar surface area (TPSA) is 60.4 Å². The van der Waals surface area contributed by atoms with Crippen LogP contribution in [0.15, 0.2) is 12.7 Å². The molecule has 0 aliphatic rings. The van der Waals surface area contributed by atoms with Gasteiger partial charge in [-0.25, -0.2) is 0 Å². The normalized spacial score (nSPS) is 12.6. The van der Waals surface area contributed by atoms with Crippen LogP contribution in [0.3, 0.4) is 0 Å². The number of hydrogen-bond donors (Lipinski definition) is 0. The smallest absolute Gasteiger partial charge is 0.175 e. The molecule has 0 bridgehead atoms. The summed E-state index contributed by atoms with van der Waals surface area (Å²) in [6.07, 6.45) is 1.18. The summed E-state index contributed by atoms with van der Waals surface area (Å²) in [5, 5.41) is 0. The van der Waals surface area contributed by atoms with Gasteiger partial charge in [0.05, 0.1) is 0 Å². The van der Waals surface area contributed by atoms with Crippen molar-refractivity contribution in [2.75, 3.05) is 12.4 Å². The molecule has 0 aliphatic carbocycles. The molecule has 64 valence electrons. The van der Waals surface area contributed by atoms with Crippen molar-refractivity contribution >= 4 is 16.7 Å². The maximum absolute atomic E-state index is 10.8. The summed E-state index contributed by atoms with van der Waals surface area (Å²) in [6, 6.07) is 0. The van der Waals surface area contributed by atoms with Crippen LogP contribution in [0.4, 0.5) is 0 Å². The van der Waals surface area contributed by atoms with E-state index in [2.05, 4.69) is 11.1 Å². The molecule has 1 unspecified atom stereocenters. The molecule has 0 aromatic carbocycles. The van der Waals surface area contributed by atoms with E-state index in [1.54, 1.807) is 6.92 Å². The largest absolute Gasteiger partial charge is 0.640 e. The highest BCUT2D eigenvalue weighted by Gasteiger charge is 2.36. The lowest BCUT2D eigenvalue weighted by molar-refractivity contribution is 0.359. The van der Waals surface area contributed by atoms with Gasteiger partial charge in [0.2, 0.25) is 0 Å². The molecule has 0 N–H and O–H groups in total. The van der Waals surface area contributed by atoms with Crippen LogP contribution < -0.4 is 0 Å². The molecule has 11 heavy (non-hydrogen) atoms. The van der Waals surface area contributed by atoms with Crippen LogP contribution in [0.5, 0.6) is 0 Å². The molecule has 4 nitrogen and oxygen atoms in total. The third-order valence-electron chi connectivity index (χ3n) is 0.790. The van der Waals surface area contributed by atoms with Crippen LogP contribution in [-0.2, 0) is 18.5 Å². The fourth-order valence-corrected chi connectivity index (χ4v) is 2.67. The molecule has 0 aliphatic heterocycles. The Morgan fingerprint density at radius 1 is 1.64 bits per heavy atom. The summed E-state index contributed by atoms with van der Waals surface area (Å²) >= 11 is 0. The molecule has 0 aromatic rings. The molecule has 0 spiro atoms. The third kappa shape index (κ3) is 3.60. The Kier molecular flexibility index (Phi) is 4.49. The first-order chi connectivity index (χ1) is 5.04. The molecular weight excluding hydrogens is 187 g/mol. The van der Waals surface area contributed by atoms with Crippen molar-refractivity contribution in [2.24, 2.45) is 0 Å². The molecule has 0 rings (SSSR count). The van der Waals surface area contributed by atoms with Gasteiger partial charge in [0.15, 0.2) is 0 Å². The van der Waals surface area contributed by atoms with Crippen molar-refractivity contribution in [1.82, 2.24) is 0 Å². The molecule has 6 heteroatoms. The fourth-order valence-electron chi connectivity index (χ4n) is 0.395. The van der Waals surface area contributed by atoms with Crippen molar-refractivity contribution in [2.45, 2.75) is 6.92 Å². The van der Waals surface area contributed by atoms with E-state index >= 15 is 0 Å². The Balaban J connectivity index is 4.31. The maximum atomic E-state index is 10.8. The summed E-state index contributed by atoms with van der Waals surface area (Å²) < 4.78 is 36.9. The summed E-state index contributed by atoms with van der Waals surface area (Å²) in [5.74, 6) is -0.303. The van der Waals surface area contributed by atoms with Crippen LogP contribution >= 0.6 is 7.23 Å². The zero-order valence-corrected chi connectivity index (χ0v) is 7.90. The number of rotatable bonds is 5. The number of hydrogen-bond acceptors (Lipinski definition) is 4. The van der Waals surface area contributed by atoms with E-state index in [9.17, 15) is 13.0 Å². The van der Waals surface area contributed by atoms with Crippen LogP contribution in [0.2, 0.25) is 0 Å². The first-order valence-electron chi connectivity index (χ1n) is 2.98. The van der Waals surface area contributed by atoms with Crippen LogP contribution in [0.1, 0.15) is 6.92 Å². The van der Waals surface area contributed by atoms with Crippen molar-refractivity contribution in [3.63, 3.8) is 0 Å². The van der Waals surface area contributed by atoms with Gasteiger partial charge < -0.3 is 0 Å². The Labute approximate surface area is 66.8 Å². The molecule has 0 saturated heterocycles. The van der Waals surface area contributed by atoms with Gasteiger partial charge in [-0.15, -0.1) is 11.1 Å². The van der Waals surface area contributed by atoms with Gasteiger partial charge in [0, 0.05) is 0 Å². The van der Waals surface area contributed by atoms with Crippen LogP contribution in [0.25, 0.3) is 0 Å². The van der Waals surface area contributed by atoms with E-state index < -0.39 is 16.7 Å².